The molecule has 0 saturated carbocycles. The van der Waals surface area contributed by atoms with E-state index in [4.69, 9.17) is 9.47 Å². The average molecular weight is 237 g/mol. The minimum atomic E-state index is -1.26. The summed E-state index contributed by atoms with van der Waals surface area (Å²) < 4.78 is 9.80. The summed E-state index contributed by atoms with van der Waals surface area (Å²) in [5.74, 6) is -2.88. The van der Waals surface area contributed by atoms with Crippen LogP contribution in [-0.2, 0) is 19.1 Å². The molecule has 6 heteroatoms. The topological polar surface area (TPSA) is 88.6 Å². The Kier molecular flexibility index (Phi) is 2.42. The van der Waals surface area contributed by atoms with E-state index in [2.05, 4.69) is 4.98 Å². The number of aromatic hydroxyl groups is 1. The molecule has 2 heterocycles. The second-order valence-electron chi connectivity index (χ2n) is 4.01. The summed E-state index contributed by atoms with van der Waals surface area (Å²) in [5.41, 5.74) is -0.0179. The Morgan fingerprint density at radius 3 is 2.35 bits per heavy atom. The van der Waals surface area contributed by atoms with Gasteiger partial charge in [0, 0.05) is 20.0 Å². The van der Waals surface area contributed by atoms with E-state index in [1.165, 1.54) is 32.2 Å². The van der Waals surface area contributed by atoms with Crippen molar-refractivity contribution in [3.8, 4) is 5.75 Å². The van der Waals surface area contributed by atoms with Crippen LogP contribution in [0.3, 0.4) is 0 Å². The van der Waals surface area contributed by atoms with Gasteiger partial charge < -0.3 is 19.6 Å². The number of hydrogen-bond acceptors (Lipinski definition) is 5. The normalized spacial score (nSPS) is 18.6. The molecule has 90 valence electrons. The maximum atomic E-state index is 11.6. The number of carbonyl (C=O) groups excluding carboxylic acids is 2. The van der Waals surface area contributed by atoms with E-state index in [1.54, 1.807) is 0 Å². The van der Waals surface area contributed by atoms with Crippen LogP contribution in [-0.4, -0.2) is 27.8 Å². The van der Waals surface area contributed by atoms with Gasteiger partial charge in [0.15, 0.2) is 0 Å². The van der Waals surface area contributed by atoms with Crippen LogP contribution in [0.2, 0.25) is 0 Å². The number of aromatic nitrogens is 1. The Morgan fingerprint density at radius 2 is 1.88 bits per heavy atom. The first-order valence-electron chi connectivity index (χ1n) is 4.94. The largest absolute Gasteiger partial charge is 0.506 e. The second kappa shape index (κ2) is 3.65. The molecule has 0 aromatic carbocycles. The molecule has 1 fully saturated rings. The molecule has 0 atom stereocenters. The van der Waals surface area contributed by atoms with Gasteiger partial charge in [0.05, 0.1) is 5.69 Å². The number of carbonyl (C=O) groups is 2. The SMILES string of the molecule is CC1(C)OC(=O)C(=Cc2[nH]ccc2O)C(=O)O1. The van der Waals surface area contributed by atoms with Crippen molar-refractivity contribution in [3.63, 3.8) is 0 Å². The zero-order valence-electron chi connectivity index (χ0n) is 9.31. The van der Waals surface area contributed by atoms with E-state index in [0.717, 1.165) is 0 Å². The van der Waals surface area contributed by atoms with E-state index in [9.17, 15) is 14.7 Å². The van der Waals surface area contributed by atoms with Crippen molar-refractivity contribution in [2.24, 2.45) is 0 Å². The molecule has 0 bridgehead atoms. The van der Waals surface area contributed by atoms with Gasteiger partial charge in [-0.15, -0.1) is 0 Å². The number of ether oxygens (including phenoxy) is 2. The van der Waals surface area contributed by atoms with E-state index in [0.29, 0.717) is 0 Å². The summed E-state index contributed by atoms with van der Waals surface area (Å²) in [5, 5.41) is 9.38. The Morgan fingerprint density at radius 1 is 1.29 bits per heavy atom. The standard InChI is InChI=1S/C11H11NO5/c1-11(2)16-9(14)6(10(15)17-11)5-7-8(13)3-4-12-7/h3-5,12-13H,1-2H3. The summed E-state index contributed by atoms with van der Waals surface area (Å²) in [7, 11) is 0. The number of esters is 2. The number of aromatic amines is 1. The second-order valence-corrected chi connectivity index (χ2v) is 4.01. The minimum absolute atomic E-state index is 0.0667. The van der Waals surface area contributed by atoms with Crippen LogP contribution in [0.25, 0.3) is 6.08 Å². The fourth-order valence-electron chi connectivity index (χ4n) is 1.41. The van der Waals surface area contributed by atoms with Gasteiger partial charge in [-0.2, -0.15) is 0 Å². The molecule has 1 aliphatic rings. The molecular formula is C11H11NO5. The summed E-state index contributed by atoms with van der Waals surface area (Å²) in [6.45, 7) is 2.93. The molecule has 0 amide bonds. The lowest BCUT2D eigenvalue weighted by molar-refractivity contribution is -0.222. The Hall–Kier alpha value is -2.24. The van der Waals surface area contributed by atoms with Crippen LogP contribution in [0.1, 0.15) is 19.5 Å². The molecule has 2 N–H and O–H groups in total. The van der Waals surface area contributed by atoms with Gasteiger partial charge >= 0.3 is 11.9 Å². The molecular weight excluding hydrogens is 226 g/mol. The Bertz CT molecular complexity index is 490. The lowest BCUT2D eigenvalue weighted by Crippen LogP contribution is -2.41. The van der Waals surface area contributed by atoms with Gasteiger partial charge in [0.2, 0.25) is 0 Å². The van der Waals surface area contributed by atoms with Crippen LogP contribution in [0.4, 0.5) is 0 Å². The fraction of sp³-hybridized carbons (Fsp3) is 0.273. The van der Waals surface area contributed by atoms with Crippen molar-refractivity contribution in [2.75, 3.05) is 0 Å². The molecule has 1 aliphatic heterocycles. The molecule has 0 unspecified atom stereocenters. The lowest BCUT2D eigenvalue weighted by Gasteiger charge is -2.29. The lowest BCUT2D eigenvalue weighted by atomic mass is 10.2. The average Bonchev–Trinajstić information content (AvgIpc) is 2.56. The zero-order valence-corrected chi connectivity index (χ0v) is 9.31. The first-order valence-corrected chi connectivity index (χ1v) is 4.94. The van der Waals surface area contributed by atoms with Gasteiger partial charge in [-0.05, 0) is 12.1 Å². The van der Waals surface area contributed by atoms with Crippen LogP contribution >= 0.6 is 0 Å². The first-order chi connectivity index (χ1) is 7.89. The highest BCUT2D eigenvalue weighted by Gasteiger charge is 2.39. The van der Waals surface area contributed by atoms with Gasteiger partial charge in [0.25, 0.3) is 5.79 Å². The first kappa shape index (κ1) is 11.3. The fourth-order valence-corrected chi connectivity index (χ4v) is 1.41. The molecule has 0 aliphatic carbocycles. The maximum absolute atomic E-state index is 11.6. The third-order valence-corrected chi connectivity index (χ3v) is 2.16. The number of hydrogen-bond donors (Lipinski definition) is 2. The Labute approximate surface area is 96.8 Å². The van der Waals surface area contributed by atoms with Gasteiger partial charge in [0.1, 0.15) is 11.3 Å². The van der Waals surface area contributed by atoms with Crippen LogP contribution in [0.15, 0.2) is 17.8 Å². The highest BCUT2D eigenvalue weighted by atomic mass is 16.7. The highest BCUT2D eigenvalue weighted by molar-refractivity contribution is 6.18. The van der Waals surface area contributed by atoms with Crippen molar-refractivity contribution >= 4 is 18.0 Å². The van der Waals surface area contributed by atoms with Crippen molar-refractivity contribution in [1.82, 2.24) is 4.98 Å². The van der Waals surface area contributed by atoms with Crippen LogP contribution in [0, 0.1) is 0 Å². The number of H-pyrrole nitrogens is 1. The third-order valence-electron chi connectivity index (χ3n) is 2.16. The molecule has 1 aromatic rings. The van der Waals surface area contributed by atoms with Gasteiger partial charge in [-0.1, -0.05) is 0 Å². The zero-order chi connectivity index (χ0) is 12.6. The number of cyclic esters (lactones) is 2. The molecule has 2 rings (SSSR count). The van der Waals surface area contributed by atoms with Crippen molar-refractivity contribution in [1.29, 1.82) is 0 Å². The molecule has 1 saturated heterocycles. The van der Waals surface area contributed by atoms with Crippen molar-refractivity contribution in [3.05, 3.63) is 23.5 Å². The molecule has 1 aromatic heterocycles. The summed E-state index contributed by atoms with van der Waals surface area (Å²) in [4.78, 5) is 25.8. The van der Waals surface area contributed by atoms with E-state index < -0.39 is 17.7 Å². The van der Waals surface area contributed by atoms with Crippen molar-refractivity contribution in [2.45, 2.75) is 19.6 Å². The molecule has 6 nitrogen and oxygen atoms in total. The maximum Gasteiger partial charge on any atom is 0.348 e. The van der Waals surface area contributed by atoms with Gasteiger partial charge in [-0.25, -0.2) is 9.59 Å². The van der Waals surface area contributed by atoms with Gasteiger partial charge in [-0.3, -0.25) is 0 Å². The molecule has 0 spiro atoms. The molecule has 0 radical (unpaired) electrons. The van der Waals surface area contributed by atoms with E-state index >= 15 is 0 Å². The predicted molar refractivity (Wildman–Crippen MR) is 56.7 cm³/mol. The number of nitrogens with one attached hydrogen (secondary N) is 1. The van der Waals surface area contributed by atoms with Crippen molar-refractivity contribution < 1.29 is 24.2 Å². The Balaban J connectivity index is 2.34. The highest BCUT2D eigenvalue weighted by Crippen LogP contribution is 2.25. The summed E-state index contributed by atoms with van der Waals surface area (Å²) in [6, 6.07) is 1.40. The van der Waals surface area contributed by atoms with Crippen LogP contribution in [0.5, 0.6) is 5.75 Å². The smallest absolute Gasteiger partial charge is 0.348 e. The predicted octanol–water partition coefficient (Wildman–Crippen LogP) is 0.940. The number of rotatable bonds is 1. The van der Waals surface area contributed by atoms with E-state index in [-0.39, 0.29) is 17.0 Å². The molecule has 17 heavy (non-hydrogen) atoms. The minimum Gasteiger partial charge on any atom is -0.506 e. The monoisotopic (exact) mass is 237 g/mol. The summed E-state index contributed by atoms with van der Waals surface area (Å²) >= 11 is 0. The summed E-state index contributed by atoms with van der Waals surface area (Å²) in [6.07, 6.45) is 2.67. The van der Waals surface area contributed by atoms with E-state index in [1.807, 2.05) is 0 Å². The third kappa shape index (κ3) is 2.15. The quantitative estimate of drug-likeness (QED) is 0.431. The van der Waals surface area contributed by atoms with Crippen LogP contribution < -0.4 is 0 Å².